The molecule has 1 heterocycles. The third kappa shape index (κ3) is 4.15. The van der Waals surface area contributed by atoms with Gasteiger partial charge >= 0.3 is 5.97 Å². The second-order valence-corrected chi connectivity index (χ2v) is 8.02. The highest BCUT2D eigenvalue weighted by atomic mass is 35.5. The molecule has 0 bridgehead atoms. The van der Waals surface area contributed by atoms with Crippen LogP contribution in [0.15, 0.2) is 35.0 Å². The van der Waals surface area contributed by atoms with Gasteiger partial charge in [-0.1, -0.05) is 38.8 Å². The van der Waals surface area contributed by atoms with E-state index in [0.29, 0.717) is 29.1 Å². The zero-order valence-corrected chi connectivity index (χ0v) is 16.1. The van der Waals surface area contributed by atoms with Crippen LogP contribution in [0.2, 0.25) is 0 Å². The second kappa shape index (κ2) is 7.89. The van der Waals surface area contributed by atoms with Crippen LogP contribution in [0.25, 0.3) is 0 Å². The Bertz CT molecular complexity index is 686. The second-order valence-electron chi connectivity index (χ2n) is 7.64. The fourth-order valence-corrected chi connectivity index (χ4v) is 3.94. The molecule has 6 heteroatoms. The van der Waals surface area contributed by atoms with Crippen molar-refractivity contribution in [3.05, 3.63) is 35.0 Å². The number of aromatic hydroxyl groups is 1. The molecule has 0 amide bonds. The zero-order chi connectivity index (χ0) is 18.8. The maximum atomic E-state index is 12.0. The normalized spacial score (nSPS) is 29.2. The molecule has 4 atom stereocenters. The topological polar surface area (TPSA) is 67.8 Å². The van der Waals surface area contributed by atoms with Crippen LogP contribution in [0.5, 0.6) is 5.75 Å². The highest BCUT2D eigenvalue weighted by Gasteiger charge is 2.40. The lowest BCUT2D eigenvalue weighted by molar-refractivity contribution is -0.180. The minimum absolute atomic E-state index is 0.00744. The lowest BCUT2D eigenvalue weighted by atomic mass is 9.75. The molecular formula is C20H26ClNO4. The van der Waals surface area contributed by atoms with E-state index in [9.17, 15) is 9.90 Å². The van der Waals surface area contributed by atoms with Gasteiger partial charge in [0.2, 0.25) is 6.29 Å². The van der Waals surface area contributed by atoms with E-state index in [1.165, 1.54) is 6.42 Å². The van der Waals surface area contributed by atoms with Crippen molar-refractivity contribution in [2.45, 2.75) is 52.4 Å². The minimum Gasteiger partial charge on any atom is -0.508 e. The summed E-state index contributed by atoms with van der Waals surface area (Å²) >= 11 is 6.16. The first-order chi connectivity index (χ1) is 12.3. The number of cyclic esters (lactones) is 1. The first-order valence-electron chi connectivity index (χ1n) is 9.17. The summed E-state index contributed by atoms with van der Waals surface area (Å²) in [6.07, 6.45) is 2.45. The van der Waals surface area contributed by atoms with Crippen molar-refractivity contribution in [1.82, 2.24) is 0 Å². The van der Waals surface area contributed by atoms with Gasteiger partial charge in [-0.25, -0.2) is 4.79 Å². The fourth-order valence-electron chi connectivity index (χ4n) is 3.76. The monoisotopic (exact) mass is 379 g/mol. The van der Waals surface area contributed by atoms with Gasteiger partial charge in [0.05, 0.1) is 6.10 Å². The predicted molar refractivity (Wildman–Crippen MR) is 101 cm³/mol. The molecule has 2 aliphatic rings. The van der Waals surface area contributed by atoms with Crippen LogP contribution in [-0.4, -0.2) is 23.5 Å². The van der Waals surface area contributed by atoms with Crippen LogP contribution >= 0.6 is 11.6 Å². The number of hydrogen-bond acceptors (Lipinski definition) is 5. The Hall–Kier alpha value is -1.72. The van der Waals surface area contributed by atoms with Crippen molar-refractivity contribution in [2.24, 2.45) is 17.8 Å². The van der Waals surface area contributed by atoms with Gasteiger partial charge in [0, 0.05) is 5.69 Å². The van der Waals surface area contributed by atoms with Crippen LogP contribution < -0.4 is 5.32 Å². The average molecular weight is 380 g/mol. The van der Waals surface area contributed by atoms with Gasteiger partial charge < -0.3 is 19.9 Å². The van der Waals surface area contributed by atoms with Gasteiger partial charge in [-0.05, 0) is 54.9 Å². The molecule has 1 aromatic rings. The van der Waals surface area contributed by atoms with E-state index in [0.717, 1.165) is 12.8 Å². The Kier molecular flexibility index (Phi) is 5.78. The quantitative estimate of drug-likeness (QED) is 0.577. The number of anilines is 1. The maximum absolute atomic E-state index is 12.0. The number of carbonyl (C=O) groups excluding carboxylic acids is 1. The van der Waals surface area contributed by atoms with Gasteiger partial charge in [-0.3, -0.25) is 0 Å². The standard InChI is InChI=1S/C20H26ClNO4/c1-11(2)15-9-4-12(3)10-16(15)25-20-18(17(21)19(24)26-20)22-13-5-7-14(23)8-6-13/h5-8,11-12,15-16,20,22-23H,4,9-10H2,1-3H3. The molecule has 1 saturated carbocycles. The maximum Gasteiger partial charge on any atom is 0.354 e. The number of phenolic OH excluding ortho intramolecular Hbond substituents is 1. The summed E-state index contributed by atoms with van der Waals surface area (Å²) in [7, 11) is 0. The van der Waals surface area contributed by atoms with E-state index >= 15 is 0 Å². The minimum atomic E-state index is -0.833. The molecule has 0 aromatic heterocycles. The average Bonchev–Trinajstić information content (AvgIpc) is 2.84. The molecule has 1 aliphatic heterocycles. The van der Waals surface area contributed by atoms with Crippen molar-refractivity contribution in [3.8, 4) is 5.75 Å². The largest absolute Gasteiger partial charge is 0.508 e. The first kappa shape index (κ1) is 19.1. The van der Waals surface area contributed by atoms with E-state index in [2.05, 4.69) is 26.1 Å². The number of hydrogen-bond donors (Lipinski definition) is 2. The highest BCUT2D eigenvalue weighted by Crippen LogP contribution is 2.38. The third-order valence-corrected chi connectivity index (χ3v) is 5.63. The van der Waals surface area contributed by atoms with Gasteiger partial charge in [0.25, 0.3) is 0 Å². The lowest BCUT2D eigenvalue weighted by Crippen LogP contribution is -2.38. The Labute approximate surface area is 159 Å². The predicted octanol–water partition coefficient (Wildman–Crippen LogP) is 4.61. The summed E-state index contributed by atoms with van der Waals surface area (Å²) in [5.74, 6) is 1.10. The van der Waals surface area contributed by atoms with E-state index in [1.807, 2.05) is 0 Å². The molecule has 4 unspecified atom stereocenters. The molecule has 1 fully saturated rings. The number of rotatable bonds is 5. The highest BCUT2D eigenvalue weighted by molar-refractivity contribution is 6.42. The molecule has 0 spiro atoms. The van der Waals surface area contributed by atoms with Crippen LogP contribution in [0, 0.1) is 17.8 Å². The number of ether oxygens (including phenoxy) is 2. The Morgan fingerprint density at radius 3 is 2.62 bits per heavy atom. The Morgan fingerprint density at radius 1 is 1.27 bits per heavy atom. The number of nitrogens with one attached hydrogen (secondary N) is 1. The molecule has 142 valence electrons. The number of halogens is 1. The van der Waals surface area contributed by atoms with Crippen molar-refractivity contribution >= 4 is 23.3 Å². The van der Waals surface area contributed by atoms with Gasteiger partial charge in [-0.2, -0.15) is 0 Å². The SMILES string of the molecule is CC1CCC(C(C)C)C(OC2OC(=O)C(Cl)=C2Nc2ccc(O)cc2)C1. The number of benzene rings is 1. The van der Waals surface area contributed by atoms with Crippen molar-refractivity contribution in [2.75, 3.05) is 5.32 Å². The van der Waals surface area contributed by atoms with E-state index < -0.39 is 12.3 Å². The van der Waals surface area contributed by atoms with Crippen LogP contribution in [-0.2, 0) is 14.3 Å². The molecule has 3 rings (SSSR count). The molecule has 0 saturated heterocycles. The van der Waals surface area contributed by atoms with E-state index in [4.69, 9.17) is 21.1 Å². The number of phenols is 1. The molecule has 1 aromatic carbocycles. The van der Waals surface area contributed by atoms with Crippen molar-refractivity contribution in [3.63, 3.8) is 0 Å². The van der Waals surface area contributed by atoms with Crippen LogP contribution in [0.3, 0.4) is 0 Å². The first-order valence-corrected chi connectivity index (χ1v) is 9.55. The molecule has 0 radical (unpaired) electrons. The summed E-state index contributed by atoms with van der Waals surface area (Å²) in [5.41, 5.74) is 1.11. The van der Waals surface area contributed by atoms with E-state index in [-0.39, 0.29) is 16.9 Å². The van der Waals surface area contributed by atoms with Crippen molar-refractivity contribution < 1.29 is 19.4 Å². The van der Waals surface area contributed by atoms with Gasteiger partial charge in [-0.15, -0.1) is 0 Å². The summed E-state index contributed by atoms with van der Waals surface area (Å²) in [5, 5.41) is 12.5. The van der Waals surface area contributed by atoms with E-state index in [1.54, 1.807) is 24.3 Å². The molecule has 2 N–H and O–H groups in total. The lowest BCUT2D eigenvalue weighted by Gasteiger charge is -2.38. The molecule has 26 heavy (non-hydrogen) atoms. The van der Waals surface area contributed by atoms with Crippen LogP contribution in [0.1, 0.15) is 40.0 Å². The van der Waals surface area contributed by atoms with Gasteiger partial charge in [0.15, 0.2) is 5.03 Å². The molecule has 1 aliphatic carbocycles. The zero-order valence-electron chi connectivity index (χ0n) is 15.4. The summed E-state index contributed by atoms with van der Waals surface area (Å²) in [4.78, 5) is 12.0. The smallest absolute Gasteiger partial charge is 0.354 e. The summed E-state index contributed by atoms with van der Waals surface area (Å²) in [6, 6.07) is 6.52. The molecular weight excluding hydrogens is 354 g/mol. The number of carbonyl (C=O) groups is 1. The Morgan fingerprint density at radius 2 is 1.96 bits per heavy atom. The molecule has 5 nitrogen and oxygen atoms in total. The van der Waals surface area contributed by atoms with Crippen LogP contribution in [0.4, 0.5) is 5.69 Å². The summed E-state index contributed by atoms with van der Waals surface area (Å²) in [6.45, 7) is 6.64. The Balaban J connectivity index is 1.77. The van der Waals surface area contributed by atoms with Gasteiger partial charge in [0.1, 0.15) is 11.4 Å². The number of esters is 1. The summed E-state index contributed by atoms with van der Waals surface area (Å²) < 4.78 is 11.6. The third-order valence-electron chi connectivity index (χ3n) is 5.27. The fraction of sp³-hybridized carbons (Fsp3) is 0.550. The van der Waals surface area contributed by atoms with Crippen molar-refractivity contribution in [1.29, 1.82) is 0 Å².